The van der Waals surface area contributed by atoms with E-state index in [0.29, 0.717) is 11.3 Å². The number of non-ortho nitro benzene ring substituents is 1. The van der Waals surface area contributed by atoms with Crippen molar-refractivity contribution in [2.24, 2.45) is 0 Å². The van der Waals surface area contributed by atoms with Gasteiger partial charge in [-0.1, -0.05) is 30.3 Å². The number of nitro benzene ring substituents is 1. The minimum Gasteiger partial charge on any atom is -0.407 e. The van der Waals surface area contributed by atoms with E-state index >= 15 is 0 Å². The molecule has 0 radical (unpaired) electrons. The molecule has 3 aromatic rings. The summed E-state index contributed by atoms with van der Waals surface area (Å²) in [6.45, 7) is 0. The molecule has 0 aliphatic heterocycles. The number of nitro groups is 1. The molecule has 0 saturated heterocycles. The minimum atomic E-state index is -0.539. The SMILES string of the molecule is O=c1oc(-c2cccc([N+](=O)[O-])c2)cn1-c1ccccc1. The summed E-state index contributed by atoms with van der Waals surface area (Å²) < 4.78 is 6.53. The second-order valence-electron chi connectivity index (χ2n) is 4.37. The van der Waals surface area contributed by atoms with Gasteiger partial charge < -0.3 is 4.42 Å². The molecule has 0 spiro atoms. The molecule has 104 valence electrons. The number of hydrogen-bond donors (Lipinski definition) is 0. The Balaban J connectivity index is 2.08. The van der Waals surface area contributed by atoms with Crippen LogP contribution in [-0.4, -0.2) is 9.49 Å². The molecular weight excluding hydrogens is 272 g/mol. The fraction of sp³-hybridized carbons (Fsp3) is 0. The Morgan fingerprint density at radius 1 is 1.05 bits per heavy atom. The Bertz CT molecular complexity index is 849. The van der Waals surface area contributed by atoms with Crippen LogP contribution in [0.25, 0.3) is 17.0 Å². The molecule has 0 N–H and O–H groups in total. The number of aromatic nitrogens is 1. The van der Waals surface area contributed by atoms with Gasteiger partial charge in [0.25, 0.3) is 5.69 Å². The highest BCUT2D eigenvalue weighted by atomic mass is 16.6. The van der Waals surface area contributed by atoms with Crippen molar-refractivity contribution in [3.63, 3.8) is 0 Å². The predicted octanol–water partition coefficient (Wildman–Crippen LogP) is 3.01. The van der Waals surface area contributed by atoms with Crippen molar-refractivity contribution < 1.29 is 9.34 Å². The van der Waals surface area contributed by atoms with E-state index in [0.717, 1.165) is 0 Å². The molecule has 1 heterocycles. The van der Waals surface area contributed by atoms with Gasteiger partial charge in [0.05, 0.1) is 16.8 Å². The quantitative estimate of drug-likeness (QED) is 0.546. The molecule has 21 heavy (non-hydrogen) atoms. The Kier molecular flexibility index (Phi) is 3.12. The van der Waals surface area contributed by atoms with Crippen molar-refractivity contribution in [1.82, 2.24) is 4.57 Å². The molecule has 3 rings (SSSR count). The van der Waals surface area contributed by atoms with Crippen molar-refractivity contribution in [2.75, 3.05) is 0 Å². The lowest BCUT2D eigenvalue weighted by atomic mass is 10.1. The topological polar surface area (TPSA) is 78.3 Å². The lowest BCUT2D eigenvalue weighted by molar-refractivity contribution is -0.384. The van der Waals surface area contributed by atoms with Gasteiger partial charge in [0.15, 0.2) is 5.76 Å². The van der Waals surface area contributed by atoms with Gasteiger partial charge in [-0.2, -0.15) is 0 Å². The average Bonchev–Trinajstić information content (AvgIpc) is 2.90. The molecule has 0 fully saturated rings. The first-order valence-electron chi connectivity index (χ1n) is 6.18. The number of hydrogen-bond acceptors (Lipinski definition) is 4. The summed E-state index contributed by atoms with van der Waals surface area (Å²) in [4.78, 5) is 22.2. The number of rotatable bonds is 3. The van der Waals surface area contributed by atoms with E-state index < -0.39 is 10.7 Å². The molecule has 0 bridgehead atoms. The largest absolute Gasteiger partial charge is 0.424 e. The van der Waals surface area contributed by atoms with Crippen LogP contribution >= 0.6 is 0 Å². The third-order valence-electron chi connectivity index (χ3n) is 3.02. The van der Waals surface area contributed by atoms with Crippen LogP contribution in [0.4, 0.5) is 5.69 Å². The molecule has 0 atom stereocenters. The van der Waals surface area contributed by atoms with Gasteiger partial charge in [0.2, 0.25) is 0 Å². The van der Waals surface area contributed by atoms with Crippen LogP contribution in [-0.2, 0) is 0 Å². The number of oxazole rings is 1. The van der Waals surface area contributed by atoms with Gasteiger partial charge in [0.1, 0.15) is 0 Å². The van der Waals surface area contributed by atoms with Crippen molar-refractivity contribution in [1.29, 1.82) is 0 Å². The summed E-state index contributed by atoms with van der Waals surface area (Å²) in [5.41, 5.74) is 1.10. The highest BCUT2D eigenvalue weighted by molar-refractivity contribution is 5.60. The highest BCUT2D eigenvalue weighted by Gasteiger charge is 2.12. The highest BCUT2D eigenvalue weighted by Crippen LogP contribution is 2.23. The molecule has 0 aliphatic carbocycles. The summed E-state index contributed by atoms with van der Waals surface area (Å²) >= 11 is 0. The Morgan fingerprint density at radius 2 is 1.81 bits per heavy atom. The summed E-state index contributed by atoms with van der Waals surface area (Å²) in [6.07, 6.45) is 1.52. The maximum atomic E-state index is 11.9. The van der Waals surface area contributed by atoms with E-state index in [9.17, 15) is 14.9 Å². The lowest BCUT2D eigenvalue weighted by Crippen LogP contribution is -2.10. The zero-order chi connectivity index (χ0) is 14.8. The monoisotopic (exact) mass is 282 g/mol. The van der Waals surface area contributed by atoms with Gasteiger partial charge in [-0.05, 0) is 12.1 Å². The van der Waals surface area contributed by atoms with Crippen LogP contribution in [0.5, 0.6) is 0 Å². The summed E-state index contributed by atoms with van der Waals surface area (Å²) in [7, 11) is 0. The second kappa shape index (κ2) is 5.09. The van der Waals surface area contributed by atoms with Crippen LogP contribution in [0.2, 0.25) is 0 Å². The minimum absolute atomic E-state index is 0.0531. The third kappa shape index (κ3) is 2.46. The van der Waals surface area contributed by atoms with E-state index in [1.165, 1.54) is 22.9 Å². The van der Waals surface area contributed by atoms with Crippen molar-refractivity contribution in [3.8, 4) is 17.0 Å². The number of para-hydroxylation sites is 1. The van der Waals surface area contributed by atoms with Gasteiger partial charge >= 0.3 is 5.76 Å². The molecule has 0 amide bonds. The average molecular weight is 282 g/mol. The van der Waals surface area contributed by atoms with Crippen LogP contribution in [0.3, 0.4) is 0 Å². The lowest BCUT2D eigenvalue weighted by Gasteiger charge is -1.98. The Morgan fingerprint density at radius 3 is 2.52 bits per heavy atom. The molecule has 1 aromatic heterocycles. The summed E-state index contributed by atoms with van der Waals surface area (Å²) in [6, 6.07) is 15.0. The molecule has 6 heteroatoms. The van der Waals surface area contributed by atoms with Crippen LogP contribution < -0.4 is 5.76 Å². The first-order chi connectivity index (χ1) is 10.1. The van der Waals surface area contributed by atoms with E-state index in [2.05, 4.69) is 0 Å². The van der Waals surface area contributed by atoms with Crippen LogP contribution in [0.15, 0.2) is 70.0 Å². The van der Waals surface area contributed by atoms with Gasteiger partial charge in [-0.3, -0.25) is 10.1 Å². The maximum Gasteiger partial charge on any atom is 0.424 e. The zero-order valence-corrected chi connectivity index (χ0v) is 10.8. The number of benzene rings is 2. The molecule has 6 nitrogen and oxygen atoms in total. The zero-order valence-electron chi connectivity index (χ0n) is 10.8. The molecular formula is C15H10N2O4. The first-order valence-corrected chi connectivity index (χ1v) is 6.18. The first kappa shape index (κ1) is 12.9. The van der Waals surface area contributed by atoms with Crippen molar-refractivity contribution in [3.05, 3.63) is 81.5 Å². The number of nitrogens with zero attached hydrogens (tertiary/aromatic N) is 2. The summed E-state index contributed by atoms with van der Waals surface area (Å²) in [5, 5.41) is 10.8. The van der Waals surface area contributed by atoms with Crippen LogP contribution in [0, 0.1) is 10.1 Å². The smallest absolute Gasteiger partial charge is 0.407 e. The normalized spacial score (nSPS) is 10.5. The molecule has 0 saturated carbocycles. The molecule has 0 aliphatic rings. The van der Waals surface area contributed by atoms with Gasteiger partial charge in [0, 0.05) is 17.7 Å². The molecule has 2 aromatic carbocycles. The maximum absolute atomic E-state index is 11.9. The fourth-order valence-electron chi connectivity index (χ4n) is 2.01. The van der Waals surface area contributed by atoms with E-state index in [1.54, 1.807) is 24.3 Å². The molecule has 0 unspecified atom stereocenters. The van der Waals surface area contributed by atoms with Gasteiger partial charge in [-0.25, -0.2) is 9.36 Å². The van der Waals surface area contributed by atoms with Gasteiger partial charge in [-0.15, -0.1) is 0 Å². The Hall–Kier alpha value is -3.15. The van der Waals surface area contributed by atoms with E-state index in [1.807, 2.05) is 18.2 Å². The standard InChI is InChI=1S/C15H10N2O4/c18-15-16(12-6-2-1-3-7-12)10-14(21-15)11-5-4-8-13(9-11)17(19)20/h1-10H. The van der Waals surface area contributed by atoms with Crippen molar-refractivity contribution >= 4 is 5.69 Å². The van der Waals surface area contributed by atoms with Crippen molar-refractivity contribution in [2.45, 2.75) is 0 Å². The third-order valence-corrected chi connectivity index (χ3v) is 3.02. The summed E-state index contributed by atoms with van der Waals surface area (Å²) in [5.74, 6) is -0.254. The fourth-order valence-corrected chi connectivity index (χ4v) is 2.01. The Labute approximate surface area is 119 Å². The second-order valence-corrected chi connectivity index (χ2v) is 4.37. The van der Waals surface area contributed by atoms with E-state index in [-0.39, 0.29) is 11.4 Å². The predicted molar refractivity (Wildman–Crippen MR) is 76.4 cm³/mol. The van der Waals surface area contributed by atoms with Crippen LogP contribution in [0.1, 0.15) is 0 Å². The van der Waals surface area contributed by atoms with E-state index in [4.69, 9.17) is 4.42 Å².